The maximum Gasteiger partial charge on any atom is 0.305 e. The number of hydrogen-bond donors (Lipinski definition) is 0. The SMILES string of the molecule is COC(=O)CCCCCCCCCCCCCCCCC(O[Si](C)(C)C)(O[Si](C)(C)C)O[Si](C)(C)C. The Bertz CT molecular complexity index is 524. The van der Waals surface area contributed by atoms with Gasteiger partial charge in [-0.1, -0.05) is 77.0 Å². The third-order valence-electron chi connectivity index (χ3n) is 5.73. The molecule has 0 saturated heterocycles. The number of rotatable bonds is 23. The van der Waals surface area contributed by atoms with E-state index in [0.717, 1.165) is 25.7 Å². The van der Waals surface area contributed by atoms with Crippen LogP contribution in [-0.4, -0.2) is 44.0 Å². The Labute approximate surface area is 228 Å². The Morgan fingerprint density at radius 2 is 0.778 bits per heavy atom. The second-order valence-corrected chi connectivity index (χ2v) is 26.6. The van der Waals surface area contributed by atoms with Crippen molar-refractivity contribution in [2.45, 2.75) is 168 Å². The minimum absolute atomic E-state index is 0.0775. The zero-order valence-corrected chi connectivity index (χ0v) is 28.9. The Hall–Kier alpha value is 0.000649. The van der Waals surface area contributed by atoms with Crippen molar-refractivity contribution in [2.75, 3.05) is 7.11 Å². The molecule has 36 heavy (non-hydrogen) atoms. The largest absolute Gasteiger partial charge is 0.469 e. The van der Waals surface area contributed by atoms with E-state index < -0.39 is 30.9 Å². The molecule has 0 radical (unpaired) electrons. The molecule has 0 N–H and O–H groups in total. The van der Waals surface area contributed by atoms with Crippen LogP contribution >= 0.6 is 0 Å². The molecular formula is C28H62O5Si3. The minimum Gasteiger partial charge on any atom is -0.469 e. The first-order chi connectivity index (χ1) is 16.6. The Morgan fingerprint density at radius 1 is 0.500 bits per heavy atom. The van der Waals surface area contributed by atoms with E-state index in [1.54, 1.807) is 0 Å². The van der Waals surface area contributed by atoms with E-state index in [2.05, 4.69) is 63.7 Å². The summed E-state index contributed by atoms with van der Waals surface area (Å²) in [5, 5.41) is 0. The number of esters is 1. The zero-order chi connectivity index (χ0) is 27.7. The molecule has 0 aliphatic carbocycles. The monoisotopic (exact) mass is 562 g/mol. The summed E-state index contributed by atoms with van der Waals surface area (Å²) in [5.74, 6) is -0.924. The number of hydrogen-bond acceptors (Lipinski definition) is 5. The van der Waals surface area contributed by atoms with Crippen LogP contribution < -0.4 is 0 Å². The van der Waals surface area contributed by atoms with Gasteiger partial charge in [-0.15, -0.1) is 0 Å². The summed E-state index contributed by atoms with van der Waals surface area (Å²) in [5.41, 5.74) is 0. The molecule has 0 aromatic carbocycles. The normalized spacial score (nSPS) is 13.3. The average molecular weight is 563 g/mol. The molecule has 5 nitrogen and oxygen atoms in total. The molecule has 0 aromatic rings. The number of ether oxygens (including phenoxy) is 1. The first kappa shape index (κ1) is 36.0. The molecule has 0 aromatic heterocycles. The van der Waals surface area contributed by atoms with E-state index in [1.165, 1.54) is 77.7 Å². The summed E-state index contributed by atoms with van der Waals surface area (Å²) in [4.78, 5) is 11.1. The van der Waals surface area contributed by atoms with Crippen LogP contribution in [0.25, 0.3) is 0 Å². The standard InChI is InChI=1S/C28H62O5Si3/c1-30-27(29)25-23-21-19-17-15-13-11-12-14-16-18-20-22-24-26-28(31-34(2,3)4,32-35(5,6)7)33-36(8,9)10/h11-26H2,1-10H3. The second-order valence-electron chi connectivity index (χ2n) is 13.4. The van der Waals surface area contributed by atoms with Gasteiger partial charge in [-0.2, -0.15) is 0 Å². The highest BCUT2D eigenvalue weighted by Crippen LogP contribution is 2.34. The molecule has 216 valence electrons. The summed E-state index contributed by atoms with van der Waals surface area (Å²) in [6.07, 6.45) is 19.1. The summed E-state index contributed by atoms with van der Waals surface area (Å²) in [7, 11) is -4.02. The van der Waals surface area contributed by atoms with Crippen molar-refractivity contribution in [2.24, 2.45) is 0 Å². The van der Waals surface area contributed by atoms with Crippen LogP contribution in [0.4, 0.5) is 0 Å². The quantitative estimate of drug-likeness (QED) is 0.0537. The Morgan fingerprint density at radius 3 is 1.06 bits per heavy atom. The molecular weight excluding hydrogens is 501 g/mol. The molecule has 0 heterocycles. The van der Waals surface area contributed by atoms with Crippen LogP contribution in [0.3, 0.4) is 0 Å². The number of carbonyl (C=O) groups excluding carboxylic acids is 1. The molecule has 0 atom stereocenters. The second kappa shape index (κ2) is 18.3. The number of carbonyl (C=O) groups is 1. The Balaban J connectivity index is 4.09. The van der Waals surface area contributed by atoms with E-state index in [-0.39, 0.29) is 5.97 Å². The van der Waals surface area contributed by atoms with Crippen molar-refractivity contribution in [1.82, 2.24) is 0 Å². The Kier molecular flexibility index (Phi) is 18.3. The summed E-state index contributed by atoms with van der Waals surface area (Å²) >= 11 is 0. The van der Waals surface area contributed by atoms with Crippen molar-refractivity contribution >= 4 is 30.9 Å². The van der Waals surface area contributed by atoms with Gasteiger partial charge in [-0.3, -0.25) is 4.79 Å². The van der Waals surface area contributed by atoms with Crippen molar-refractivity contribution in [3.63, 3.8) is 0 Å². The third kappa shape index (κ3) is 23.1. The van der Waals surface area contributed by atoms with Gasteiger partial charge >= 0.3 is 5.97 Å². The van der Waals surface area contributed by atoms with Gasteiger partial charge in [0.1, 0.15) is 0 Å². The van der Waals surface area contributed by atoms with Crippen LogP contribution in [0, 0.1) is 0 Å². The molecule has 0 spiro atoms. The fourth-order valence-corrected chi connectivity index (χ4v) is 8.05. The molecule has 0 amide bonds. The highest BCUT2D eigenvalue weighted by molar-refractivity contribution is 6.72. The maximum absolute atomic E-state index is 11.1. The fraction of sp³-hybridized carbons (Fsp3) is 0.964. The molecule has 0 fully saturated rings. The predicted octanol–water partition coefficient (Wildman–Crippen LogP) is 9.61. The van der Waals surface area contributed by atoms with E-state index in [9.17, 15) is 4.79 Å². The molecule has 0 saturated carbocycles. The maximum atomic E-state index is 11.1. The van der Waals surface area contributed by atoms with Gasteiger partial charge in [0.2, 0.25) is 0 Å². The third-order valence-corrected chi connectivity index (χ3v) is 8.50. The van der Waals surface area contributed by atoms with Gasteiger partial charge in [0, 0.05) is 12.8 Å². The first-order valence-electron chi connectivity index (χ1n) is 14.7. The van der Waals surface area contributed by atoms with E-state index in [0.29, 0.717) is 6.42 Å². The van der Waals surface area contributed by atoms with Crippen LogP contribution in [-0.2, 0) is 22.8 Å². The summed E-state index contributed by atoms with van der Waals surface area (Å²) in [6.45, 7) is 20.1. The van der Waals surface area contributed by atoms with Gasteiger partial charge in [0.15, 0.2) is 25.0 Å². The zero-order valence-electron chi connectivity index (χ0n) is 25.9. The molecule has 0 bridgehead atoms. The van der Waals surface area contributed by atoms with Gasteiger partial charge in [-0.05, 0) is 71.8 Å². The van der Waals surface area contributed by atoms with E-state index in [4.69, 9.17) is 13.3 Å². The van der Waals surface area contributed by atoms with E-state index in [1.807, 2.05) is 0 Å². The van der Waals surface area contributed by atoms with Crippen LogP contribution in [0.2, 0.25) is 58.9 Å². The highest BCUT2D eigenvalue weighted by Gasteiger charge is 2.44. The van der Waals surface area contributed by atoms with Crippen LogP contribution in [0.15, 0.2) is 0 Å². The number of unbranched alkanes of at least 4 members (excludes halogenated alkanes) is 13. The highest BCUT2D eigenvalue weighted by atomic mass is 28.4. The predicted molar refractivity (Wildman–Crippen MR) is 162 cm³/mol. The van der Waals surface area contributed by atoms with Crippen LogP contribution in [0.1, 0.15) is 103 Å². The number of methoxy groups -OCH3 is 1. The van der Waals surface area contributed by atoms with Crippen molar-refractivity contribution < 1.29 is 22.8 Å². The van der Waals surface area contributed by atoms with Gasteiger partial charge in [0.05, 0.1) is 7.11 Å². The minimum atomic E-state index is -1.83. The van der Waals surface area contributed by atoms with Crippen molar-refractivity contribution in [3.05, 3.63) is 0 Å². The van der Waals surface area contributed by atoms with Crippen LogP contribution in [0.5, 0.6) is 0 Å². The molecule has 0 aliphatic rings. The smallest absolute Gasteiger partial charge is 0.305 e. The summed E-state index contributed by atoms with van der Waals surface area (Å²) < 4.78 is 24.6. The topological polar surface area (TPSA) is 54.0 Å². The summed E-state index contributed by atoms with van der Waals surface area (Å²) in [6, 6.07) is 0. The van der Waals surface area contributed by atoms with Crippen molar-refractivity contribution in [3.8, 4) is 0 Å². The molecule has 0 aliphatic heterocycles. The molecule has 8 heteroatoms. The van der Waals surface area contributed by atoms with Gasteiger partial charge < -0.3 is 18.0 Å². The van der Waals surface area contributed by atoms with E-state index >= 15 is 0 Å². The van der Waals surface area contributed by atoms with Gasteiger partial charge in [0.25, 0.3) is 5.97 Å². The molecule has 0 unspecified atom stereocenters. The molecule has 0 rings (SSSR count). The average Bonchev–Trinajstić information content (AvgIpc) is 2.69. The fourth-order valence-electron chi connectivity index (χ4n) is 4.45. The van der Waals surface area contributed by atoms with Gasteiger partial charge in [-0.25, -0.2) is 0 Å². The lowest BCUT2D eigenvalue weighted by Crippen LogP contribution is -2.55. The first-order valence-corrected chi connectivity index (χ1v) is 25.0. The lowest BCUT2D eigenvalue weighted by atomic mass is 10.0. The lowest BCUT2D eigenvalue weighted by molar-refractivity contribution is -0.274. The lowest BCUT2D eigenvalue weighted by Gasteiger charge is -2.45. The van der Waals surface area contributed by atoms with Crippen molar-refractivity contribution in [1.29, 1.82) is 0 Å².